The van der Waals surface area contributed by atoms with Gasteiger partial charge in [0.15, 0.2) is 0 Å². The molecule has 0 saturated carbocycles. The molecule has 0 radical (unpaired) electrons. The summed E-state index contributed by atoms with van der Waals surface area (Å²) in [5.41, 5.74) is 1.21. The van der Waals surface area contributed by atoms with E-state index in [1.165, 1.54) is 5.56 Å². The zero-order valence-corrected chi connectivity index (χ0v) is 11.1. The number of ether oxygens (including phenoxy) is 1. The van der Waals surface area contributed by atoms with Gasteiger partial charge in [0, 0.05) is 19.0 Å². The van der Waals surface area contributed by atoms with Crippen LogP contribution in [0.5, 0.6) is 0 Å². The van der Waals surface area contributed by atoms with Gasteiger partial charge in [0.25, 0.3) is 0 Å². The van der Waals surface area contributed by atoms with Crippen molar-refractivity contribution in [1.29, 1.82) is 0 Å². The molecule has 1 heterocycles. The van der Waals surface area contributed by atoms with Crippen molar-refractivity contribution >= 4 is 0 Å². The van der Waals surface area contributed by atoms with Crippen LogP contribution in [-0.2, 0) is 4.74 Å². The molecular weight excluding hydrogens is 212 g/mol. The summed E-state index contributed by atoms with van der Waals surface area (Å²) in [6, 6.07) is 4.34. The second-order valence-corrected chi connectivity index (χ2v) is 4.10. The molecule has 1 rings (SSSR count). The van der Waals surface area contributed by atoms with E-state index in [0.717, 1.165) is 26.0 Å². The molecule has 0 saturated heterocycles. The summed E-state index contributed by atoms with van der Waals surface area (Å²) in [4.78, 5) is 4.19. The fourth-order valence-corrected chi connectivity index (χ4v) is 2.09. The van der Waals surface area contributed by atoms with Crippen molar-refractivity contribution < 1.29 is 4.74 Å². The van der Waals surface area contributed by atoms with Gasteiger partial charge in [-0.05, 0) is 31.5 Å². The van der Waals surface area contributed by atoms with Crippen LogP contribution in [0.1, 0.15) is 45.2 Å². The van der Waals surface area contributed by atoms with Crippen LogP contribution in [0.2, 0.25) is 0 Å². The van der Waals surface area contributed by atoms with Crippen LogP contribution < -0.4 is 5.32 Å². The van der Waals surface area contributed by atoms with E-state index in [4.69, 9.17) is 4.74 Å². The lowest BCUT2D eigenvalue weighted by molar-refractivity contribution is 0.0279. The third-order valence-corrected chi connectivity index (χ3v) is 2.79. The maximum atomic E-state index is 5.86. The predicted molar refractivity (Wildman–Crippen MR) is 71.0 cm³/mol. The number of likely N-dealkylation sites (N-methyl/N-ethyl adjacent to an activating group) is 1. The van der Waals surface area contributed by atoms with Crippen LogP contribution in [0.25, 0.3) is 0 Å². The molecule has 1 aromatic rings. The monoisotopic (exact) mass is 236 g/mol. The molecule has 1 aromatic heterocycles. The standard InChI is InChI=1S/C14H24N2O/c1-4-8-13(17-6-3)14(16-5-2)12-9-7-10-15-11-12/h7,9-11,13-14,16H,4-6,8H2,1-3H3. The Morgan fingerprint density at radius 1 is 1.35 bits per heavy atom. The molecule has 0 aliphatic carbocycles. The van der Waals surface area contributed by atoms with Crippen LogP contribution >= 0.6 is 0 Å². The van der Waals surface area contributed by atoms with Gasteiger partial charge >= 0.3 is 0 Å². The third kappa shape index (κ3) is 4.44. The number of rotatable bonds is 8. The van der Waals surface area contributed by atoms with Crippen molar-refractivity contribution in [2.45, 2.75) is 45.8 Å². The van der Waals surface area contributed by atoms with Gasteiger partial charge in [-0.25, -0.2) is 0 Å². The van der Waals surface area contributed by atoms with Crippen LogP contribution in [-0.4, -0.2) is 24.2 Å². The van der Waals surface area contributed by atoms with Gasteiger partial charge in [-0.1, -0.05) is 26.3 Å². The fourth-order valence-electron chi connectivity index (χ4n) is 2.09. The predicted octanol–water partition coefficient (Wildman–Crippen LogP) is 2.94. The van der Waals surface area contributed by atoms with Crippen molar-refractivity contribution in [3.8, 4) is 0 Å². The largest absolute Gasteiger partial charge is 0.377 e. The second kappa shape index (κ2) is 8.20. The van der Waals surface area contributed by atoms with E-state index in [9.17, 15) is 0 Å². The Labute approximate surface area is 105 Å². The molecule has 3 nitrogen and oxygen atoms in total. The van der Waals surface area contributed by atoms with Gasteiger partial charge in [-0.3, -0.25) is 4.98 Å². The number of hydrogen-bond acceptors (Lipinski definition) is 3. The topological polar surface area (TPSA) is 34.1 Å². The summed E-state index contributed by atoms with van der Waals surface area (Å²) < 4.78 is 5.86. The molecule has 0 spiro atoms. The minimum absolute atomic E-state index is 0.231. The van der Waals surface area contributed by atoms with Crippen molar-refractivity contribution in [1.82, 2.24) is 10.3 Å². The second-order valence-electron chi connectivity index (χ2n) is 4.10. The summed E-state index contributed by atoms with van der Waals surface area (Å²) in [7, 11) is 0. The maximum Gasteiger partial charge on any atom is 0.0770 e. The number of nitrogens with zero attached hydrogens (tertiary/aromatic N) is 1. The summed E-state index contributed by atoms with van der Waals surface area (Å²) in [5, 5.41) is 3.50. The lowest BCUT2D eigenvalue weighted by atomic mass is 9.99. The first kappa shape index (κ1) is 14.1. The molecule has 17 heavy (non-hydrogen) atoms. The van der Waals surface area contributed by atoms with Crippen molar-refractivity contribution in [2.75, 3.05) is 13.2 Å². The molecule has 0 aliphatic heterocycles. The Bertz CT molecular complexity index is 284. The van der Waals surface area contributed by atoms with E-state index in [0.29, 0.717) is 0 Å². The Morgan fingerprint density at radius 3 is 2.71 bits per heavy atom. The molecule has 1 N–H and O–H groups in total. The Kier molecular flexibility index (Phi) is 6.82. The van der Waals surface area contributed by atoms with Gasteiger partial charge in [-0.2, -0.15) is 0 Å². The summed E-state index contributed by atoms with van der Waals surface area (Å²) in [5.74, 6) is 0. The lowest BCUT2D eigenvalue weighted by Gasteiger charge is -2.27. The smallest absolute Gasteiger partial charge is 0.0770 e. The van der Waals surface area contributed by atoms with E-state index < -0.39 is 0 Å². The number of aromatic nitrogens is 1. The molecule has 0 fully saturated rings. The number of pyridine rings is 1. The maximum absolute atomic E-state index is 5.86. The summed E-state index contributed by atoms with van der Waals surface area (Å²) >= 11 is 0. The van der Waals surface area contributed by atoms with Crippen LogP contribution in [0.3, 0.4) is 0 Å². The highest BCUT2D eigenvalue weighted by Crippen LogP contribution is 2.22. The normalized spacial score (nSPS) is 14.5. The van der Waals surface area contributed by atoms with Gasteiger partial charge in [-0.15, -0.1) is 0 Å². The molecule has 0 amide bonds. The summed E-state index contributed by atoms with van der Waals surface area (Å²) in [6.45, 7) is 8.06. The highest BCUT2D eigenvalue weighted by molar-refractivity contribution is 5.15. The third-order valence-electron chi connectivity index (χ3n) is 2.79. The zero-order chi connectivity index (χ0) is 12.5. The van der Waals surface area contributed by atoms with E-state index in [1.807, 2.05) is 18.5 Å². The molecule has 96 valence electrons. The van der Waals surface area contributed by atoms with Crippen molar-refractivity contribution in [3.05, 3.63) is 30.1 Å². The van der Waals surface area contributed by atoms with E-state index >= 15 is 0 Å². The zero-order valence-electron chi connectivity index (χ0n) is 11.1. The quantitative estimate of drug-likeness (QED) is 0.753. The van der Waals surface area contributed by atoms with Gasteiger partial charge in [0.2, 0.25) is 0 Å². The molecule has 3 heteroatoms. The van der Waals surface area contributed by atoms with Crippen LogP contribution in [0.4, 0.5) is 0 Å². The van der Waals surface area contributed by atoms with Crippen molar-refractivity contribution in [3.63, 3.8) is 0 Å². The highest BCUT2D eigenvalue weighted by Gasteiger charge is 2.22. The van der Waals surface area contributed by atoms with Gasteiger partial charge in [0.1, 0.15) is 0 Å². The molecule has 0 bridgehead atoms. The van der Waals surface area contributed by atoms with Gasteiger partial charge in [0.05, 0.1) is 12.1 Å². The first-order chi connectivity index (χ1) is 8.33. The minimum Gasteiger partial charge on any atom is -0.377 e. The Hall–Kier alpha value is -0.930. The molecular formula is C14H24N2O. The lowest BCUT2D eigenvalue weighted by Crippen LogP contribution is -2.34. The number of nitrogens with one attached hydrogen (secondary N) is 1. The SMILES string of the molecule is CCCC(OCC)C(NCC)c1cccnc1. The average molecular weight is 236 g/mol. The Balaban J connectivity index is 2.81. The minimum atomic E-state index is 0.231. The first-order valence-electron chi connectivity index (χ1n) is 6.58. The van der Waals surface area contributed by atoms with Crippen LogP contribution in [0, 0.1) is 0 Å². The van der Waals surface area contributed by atoms with Gasteiger partial charge < -0.3 is 10.1 Å². The first-order valence-corrected chi connectivity index (χ1v) is 6.58. The van der Waals surface area contributed by atoms with E-state index in [2.05, 4.69) is 37.1 Å². The molecule has 2 unspecified atom stereocenters. The van der Waals surface area contributed by atoms with E-state index in [-0.39, 0.29) is 12.1 Å². The highest BCUT2D eigenvalue weighted by atomic mass is 16.5. The molecule has 0 aromatic carbocycles. The average Bonchev–Trinajstić information content (AvgIpc) is 2.37. The summed E-state index contributed by atoms with van der Waals surface area (Å²) in [6.07, 6.45) is 6.17. The molecule has 0 aliphatic rings. The van der Waals surface area contributed by atoms with Crippen molar-refractivity contribution in [2.24, 2.45) is 0 Å². The molecule has 2 atom stereocenters. The van der Waals surface area contributed by atoms with E-state index in [1.54, 1.807) is 0 Å². The van der Waals surface area contributed by atoms with Crippen LogP contribution in [0.15, 0.2) is 24.5 Å². The fraction of sp³-hybridized carbons (Fsp3) is 0.643. The number of hydrogen-bond donors (Lipinski definition) is 1. The Morgan fingerprint density at radius 2 is 2.18 bits per heavy atom.